The molecule has 1 aliphatic carbocycles. The molecule has 2 heterocycles. The number of carbonyl (C=O) groups is 1. The highest BCUT2D eigenvalue weighted by Gasteiger charge is 2.33. The lowest BCUT2D eigenvalue weighted by molar-refractivity contribution is -0.138. The standard InChI is InChI=1S/C31H36F3N3O3/c1-20(2)37-16-8-10-22(18-37)35-30(38)26-17-28(39-19-21-9-3-6-14-25(21)31(32,33)34)24-13-7-15-27(29(24)36-26)40-23-11-4-5-12-23/h3,6-7,9,13-15,17,20,22-23H,4-5,8,10-12,16,18-19H2,1-2H3,(H,35,38)/t22-/m1/s1. The number of hydrogen-bond acceptors (Lipinski definition) is 5. The van der Waals surface area contributed by atoms with Gasteiger partial charge in [0.1, 0.15) is 29.3 Å². The Morgan fingerprint density at radius 1 is 1.05 bits per heavy atom. The van der Waals surface area contributed by atoms with Crippen LogP contribution in [0, 0.1) is 0 Å². The van der Waals surface area contributed by atoms with Crippen molar-refractivity contribution in [2.75, 3.05) is 13.1 Å². The van der Waals surface area contributed by atoms with Crippen molar-refractivity contribution in [3.05, 3.63) is 65.4 Å². The van der Waals surface area contributed by atoms with Gasteiger partial charge in [-0.3, -0.25) is 9.69 Å². The quantitative estimate of drug-likeness (QED) is 0.333. The second-order valence-corrected chi connectivity index (χ2v) is 11.0. The minimum atomic E-state index is -4.50. The Hall–Kier alpha value is -3.33. The monoisotopic (exact) mass is 555 g/mol. The smallest absolute Gasteiger partial charge is 0.416 e. The van der Waals surface area contributed by atoms with E-state index < -0.39 is 11.7 Å². The van der Waals surface area contributed by atoms with Gasteiger partial charge in [0.15, 0.2) is 0 Å². The SMILES string of the molecule is CC(C)N1CCC[C@@H](NC(=O)c2cc(OCc3ccccc3C(F)(F)F)c3cccc(OC4CCCC4)c3n2)C1. The molecule has 214 valence electrons. The van der Waals surface area contributed by atoms with Gasteiger partial charge in [-0.2, -0.15) is 13.2 Å². The zero-order valence-electron chi connectivity index (χ0n) is 23.0. The van der Waals surface area contributed by atoms with Crippen molar-refractivity contribution in [1.82, 2.24) is 15.2 Å². The number of pyridine rings is 1. The Bertz CT molecular complexity index is 1340. The van der Waals surface area contributed by atoms with Gasteiger partial charge in [0.2, 0.25) is 0 Å². The van der Waals surface area contributed by atoms with Crippen LogP contribution in [0.5, 0.6) is 11.5 Å². The molecule has 1 amide bonds. The van der Waals surface area contributed by atoms with E-state index in [-0.39, 0.29) is 41.7 Å². The van der Waals surface area contributed by atoms with Crippen LogP contribution in [-0.2, 0) is 12.8 Å². The van der Waals surface area contributed by atoms with E-state index in [1.807, 2.05) is 12.1 Å². The van der Waals surface area contributed by atoms with E-state index in [0.717, 1.165) is 57.7 Å². The number of benzene rings is 2. The van der Waals surface area contributed by atoms with Gasteiger partial charge in [0, 0.05) is 35.6 Å². The third-order valence-electron chi connectivity index (χ3n) is 7.82. The predicted molar refractivity (Wildman–Crippen MR) is 148 cm³/mol. The summed E-state index contributed by atoms with van der Waals surface area (Å²) >= 11 is 0. The molecule has 1 N–H and O–H groups in total. The number of aromatic nitrogens is 1. The molecule has 0 unspecified atom stereocenters. The van der Waals surface area contributed by atoms with E-state index >= 15 is 0 Å². The first kappa shape index (κ1) is 28.2. The number of rotatable bonds is 8. The van der Waals surface area contributed by atoms with E-state index in [0.29, 0.717) is 22.7 Å². The Morgan fingerprint density at radius 2 is 1.82 bits per heavy atom. The Balaban J connectivity index is 1.47. The van der Waals surface area contributed by atoms with Crippen LogP contribution in [0.2, 0.25) is 0 Å². The molecule has 2 aliphatic rings. The first-order chi connectivity index (χ1) is 19.2. The van der Waals surface area contributed by atoms with Crippen molar-refractivity contribution < 1.29 is 27.4 Å². The van der Waals surface area contributed by atoms with E-state index in [1.165, 1.54) is 18.2 Å². The van der Waals surface area contributed by atoms with Crippen LogP contribution in [0.1, 0.15) is 74.0 Å². The van der Waals surface area contributed by atoms with Crippen molar-refractivity contribution in [3.63, 3.8) is 0 Å². The van der Waals surface area contributed by atoms with Gasteiger partial charge in [0.05, 0.1) is 11.7 Å². The molecule has 40 heavy (non-hydrogen) atoms. The third-order valence-corrected chi connectivity index (χ3v) is 7.82. The van der Waals surface area contributed by atoms with Crippen molar-refractivity contribution in [2.24, 2.45) is 0 Å². The van der Waals surface area contributed by atoms with Gasteiger partial charge in [-0.15, -0.1) is 0 Å². The Labute approximate surface area is 232 Å². The number of carbonyl (C=O) groups excluding carboxylic acids is 1. The molecule has 0 bridgehead atoms. The maximum atomic E-state index is 13.6. The number of halogens is 3. The summed E-state index contributed by atoms with van der Waals surface area (Å²) in [6.07, 6.45) is 1.51. The second kappa shape index (κ2) is 12.0. The molecule has 2 aromatic carbocycles. The average molecular weight is 556 g/mol. The number of nitrogens with one attached hydrogen (secondary N) is 1. The predicted octanol–water partition coefficient (Wildman–Crippen LogP) is 6.76. The summed E-state index contributed by atoms with van der Waals surface area (Å²) in [5, 5.41) is 3.70. The van der Waals surface area contributed by atoms with Gasteiger partial charge in [-0.25, -0.2) is 4.98 Å². The number of alkyl halides is 3. The highest BCUT2D eigenvalue weighted by molar-refractivity contribution is 5.98. The highest BCUT2D eigenvalue weighted by atomic mass is 19.4. The van der Waals surface area contributed by atoms with Crippen molar-refractivity contribution in [1.29, 1.82) is 0 Å². The molecular weight excluding hydrogens is 519 g/mol. The number of amides is 1. The number of likely N-dealkylation sites (tertiary alicyclic amines) is 1. The summed E-state index contributed by atoms with van der Waals surface area (Å²) in [6.45, 7) is 5.72. The topological polar surface area (TPSA) is 63.7 Å². The Kier molecular flexibility index (Phi) is 8.49. The molecule has 1 saturated carbocycles. The van der Waals surface area contributed by atoms with Crippen LogP contribution in [0.15, 0.2) is 48.5 Å². The Morgan fingerprint density at radius 3 is 2.58 bits per heavy atom. The summed E-state index contributed by atoms with van der Waals surface area (Å²) in [4.78, 5) is 20.5. The van der Waals surface area contributed by atoms with E-state index in [9.17, 15) is 18.0 Å². The lowest BCUT2D eigenvalue weighted by Crippen LogP contribution is -2.49. The summed E-state index contributed by atoms with van der Waals surface area (Å²) in [5.74, 6) is 0.494. The zero-order valence-corrected chi connectivity index (χ0v) is 23.0. The number of fused-ring (bicyclic) bond motifs is 1. The molecule has 6 nitrogen and oxygen atoms in total. The highest BCUT2D eigenvalue weighted by Crippen LogP contribution is 2.36. The van der Waals surface area contributed by atoms with Crippen LogP contribution in [0.3, 0.4) is 0 Å². The van der Waals surface area contributed by atoms with Crippen LogP contribution in [0.25, 0.3) is 10.9 Å². The number of nitrogens with zero attached hydrogens (tertiary/aromatic N) is 2. The van der Waals surface area contributed by atoms with E-state index in [1.54, 1.807) is 12.1 Å². The summed E-state index contributed by atoms with van der Waals surface area (Å²) in [5.41, 5.74) is -0.117. The minimum Gasteiger partial charge on any atom is -0.488 e. The van der Waals surface area contributed by atoms with Crippen LogP contribution < -0.4 is 14.8 Å². The molecule has 9 heteroatoms. The fourth-order valence-electron chi connectivity index (χ4n) is 5.64. The maximum absolute atomic E-state index is 13.6. The molecule has 2 fully saturated rings. The lowest BCUT2D eigenvalue weighted by atomic mass is 10.0. The number of piperidine rings is 1. The lowest BCUT2D eigenvalue weighted by Gasteiger charge is -2.35. The molecular formula is C31H36F3N3O3. The fraction of sp³-hybridized carbons (Fsp3) is 0.484. The maximum Gasteiger partial charge on any atom is 0.416 e. The molecule has 5 rings (SSSR count). The zero-order chi connectivity index (χ0) is 28.3. The van der Waals surface area contributed by atoms with Crippen LogP contribution in [-0.4, -0.2) is 47.1 Å². The van der Waals surface area contributed by atoms with Gasteiger partial charge in [-0.1, -0.05) is 24.3 Å². The molecule has 1 aromatic heterocycles. The normalized spacial score (nSPS) is 18.8. The fourth-order valence-corrected chi connectivity index (χ4v) is 5.64. The minimum absolute atomic E-state index is 0.0142. The van der Waals surface area contributed by atoms with E-state index in [4.69, 9.17) is 14.5 Å². The summed E-state index contributed by atoms with van der Waals surface area (Å²) in [7, 11) is 0. The second-order valence-electron chi connectivity index (χ2n) is 11.0. The van der Waals surface area contributed by atoms with Gasteiger partial charge in [-0.05, 0) is 77.1 Å². The average Bonchev–Trinajstić information content (AvgIpc) is 3.45. The third kappa shape index (κ3) is 6.52. The largest absolute Gasteiger partial charge is 0.488 e. The number of ether oxygens (including phenoxy) is 2. The van der Waals surface area contributed by atoms with Gasteiger partial charge in [0.25, 0.3) is 5.91 Å². The molecule has 1 atom stereocenters. The van der Waals surface area contributed by atoms with Gasteiger partial charge < -0.3 is 14.8 Å². The molecule has 0 spiro atoms. The summed E-state index contributed by atoms with van der Waals surface area (Å²) in [6, 6.07) is 12.7. The number of hydrogen-bond donors (Lipinski definition) is 1. The number of para-hydroxylation sites is 1. The van der Waals surface area contributed by atoms with Crippen molar-refractivity contribution in [2.45, 2.75) is 83.3 Å². The first-order valence-corrected chi connectivity index (χ1v) is 14.1. The van der Waals surface area contributed by atoms with E-state index in [2.05, 4.69) is 24.1 Å². The van der Waals surface area contributed by atoms with Crippen molar-refractivity contribution in [3.8, 4) is 11.5 Å². The molecule has 1 saturated heterocycles. The van der Waals surface area contributed by atoms with Crippen molar-refractivity contribution >= 4 is 16.8 Å². The van der Waals surface area contributed by atoms with Crippen LogP contribution >= 0.6 is 0 Å². The molecule has 0 radical (unpaired) electrons. The summed E-state index contributed by atoms with van der Waals surface area (Å²) < 4.78 is 53.1. The molecule has 3 aromatic rings. The van der Waals surface area contributed by atoms with Crippen LogP contribution in [0.4, 0.5) is 13.2 Å². The molecule has 1 aliphatic heterocycles. The van der Waals surface area contributed by atoms with Gasteiger partial charge >= 0.3 is 6.18 Å². The first-order valence-electron chi connectivity index (χ1n) is 14.1.